The van der Waals surface area contributed by atoms with Gasteiger partial charge >= 0.3 is 12.7 Å². The van der Waals surface area contributed by atoms with E-state index in [9.17, 15) is 26.3 Å². The van der Waals surface area contributed by atoms with Crippen molar-refractivity contribution in [3.05, 3.63) is 97.1 Å². The average molecular weight is 964 g/mol. The first-order valence-electron chi connectivity index (χ1n) is 23.9. The van der Waals surface area contributed by atoms with Gasteiger partial charge in [0.05, 0.1) is 16.1 Å². The van der Waals surface area contributed by atoms with E-state index >= 15 is 0 Å². The number of alkyl halides is 6. The maximum Gasteiger partial charge on any atom is 0.573 e. The third-order valence-electron chi connectivity index (χ3n) is 12.7. The molecule has 3 nitrogen and oxygen atoms in total. The van der Waals surface area contributed by atoms with E-state index in [-0.39, 0.29) is 11.5 Å². The molecule has 0 N–H and O–H groups in total. The number of ether oxygens (including phenoxy) is 2. The molecule has 0 radical (unpaired) electrons. The Morgan fingerprint density at radius 1 is 0.438 bits per heavy atom. The molecule has 64 heavy (non-hydrogen) atoms. The monoisotopic (exact) mass is 963 g/mol. The zero-order chi connectivity index (χ0) is 46.8. The number of nitrogens with zero attached hydrogens (tertiary/aromatic N) is 1. The van der Waals surface area contributed by atoms with Gasteiger partial charge in [0.25, 0.3) is 0 Å². The van der Waals surface area contributed by atoms with E-state index in [0.29, 0.717) is 10.6 Å². The first-order valence-corrected chi connectivity index (χ1v) is 31.7. The Kier molecular flexibility index (Phi) is 21.9. The van der Waals surface area contributed by atoms with Gasteiger partial charge in [0, 0.05) is 26.8 Å². The number of rotatable bonds is 28. The molecular formula is C51H73F6NO2P2Si2. The maximum atomic E-state index is 14.3. The summed E-state index contributed by atoms with van der Waals surface area (Å²) in [6.07, 6.45) is 3.19. The fourth-order valence-corrected chi connectivity index (χ4v) is 26.7. The summed E-state index contributed by atoms with van der Waals surface area (Å²) >= 11 is 0. The molecular weight excluding hydrogens is 891 g/mol. The summed E-state index contributed by atoms with van der Waals surface area (Å²) < 4.78 is 97.8. The van der Waals surface area contributed by atoms with E-state index in [4.69, 9.17) is 9.47 Å². The molecule has 354 valence electrons. The van der Waals surface area contributed by atoms with E-state index in [0.717, 1.165) is 124 Å². The molecule has 4 aromatic carbocycles. The summed E-state index contributed by atoms with van der Waals surface area (Å²) in [5.74, 6) is -0.614. The van der Waals surface area contributed by atoms with Gasteiger partial charge in [0.1, 0.15) is 11.5 Å². The summed E-state index contributed by atoms with van der Waals surface area (Å²) in [4.78, 5) is 0. The van der Waals surface area contributed by atoms with Gasteiger partial charge in [-0.25, -0.2) is 4.44 Å². The lowest BCUT2D eigenvalue weighted by Crippen LogP contribution is -2.49. The van der Waals surface area contributed by atoms with Crippen LogP contribution in [0.1, 0.15) is 119 Å². The van der Waals surface area contributed by atoms with Crippen molar-refractivity contribution in [2.45, 2.75) is 168 Å². The molecule has 2 atom stereocenters. The Bertz CT molecular complexity index is 1800. The highest BCUT2D eigenvalue weighted by Crippen LogP contribution is 2.55. The molecule has 0 aliphatic rings. The minimum Gasteiger partial charge on any atom is -0.405 e. The predicted molar refractivity (Wildman–Crippen MR) is 268 cm³/mol. The van der Waals surface area contributed by atoms with E-state index < -0.39 is 45.0 Å². The Balaban J connectivity index is 2.13. The van der Waals surface area contributed by atoms with Crippen LogP contribution in [-0.2, 0) is 0 Å². The summed E-state index contributed by atoms with van der Waals surface area (Å²) in [5, 5.41) is 5.03. The van der Waals surface area contributed by atoms with Crippen LogP contribution in [0.3, 0.4) is 0 Å². The highest BCUT2D eigenvalue weighted by atomic mass is 31.2. The Morgan fingerprint density at radius 3 is 1.02 bits per heavy atom. The molecule has 0 saturated heterocycles. The summed E-state index contributed by atoms with van der Waals surface area (Å²) in [6, 6.07) is 36.6. The number of halogens is 6. The maximum absolute atomic E-state index is 14.3. The minimum absolute atomic E-state index is 0.307. The summed E-state index contributed by atoms with van der Waals surface area (Å²) in [6.45, 7) is 13.3. The van der Waals surface area contributed by atoms with Crippen molar-refractivity contribution in [3.63, 3.8) is 0 Å². The highest BCUT2D eigenvalue weighted by Gasteiger charge is 2.41. The standard InChI is InChI=1S/C51H73F6NO2P2Si2/c1-8-14-34-63(35-15-9-2,36-16-10-3)44-28-24-26-42(40-44)61(48-32-22-20-30-46(48)59-50(52,53)54)58(7)62(49-33-23-21-31-47(49)60-51(55,56)57)43-27-25-29-45(41-43)64(37-17-11-4,38-18-12-5)39-19-13-6/h20-33,40-41H,8-19,34-39H2,1-7H3. The second kappa shape index (κ2) is 26.0. The van der Waals surface area contributed by atoms with Gasteiger partial charge in [-0.2, -0.15) is 0 Å². The fourth-order valence-electron chi connectivity index (χ4n) is 9.34. The third-order valence-corrected chi connectivity index (χ3v) is 29.0. The molecule has 2 unspecified atom stereocenters. The first-order chi connectivity index (χ1) is 30.6. The van der Waals surface area contributed by atoms with Crippen molar-refractivity contribution >= 4 is 63.9 Å². The minimum atomic E-state index is -4.96. The second-order valence-corrected chi connectivity index (χ2v) is 31.5. The lowest BCUT2D eigenvalue weighted by Gasteiger charge is -2.39. The van der Waals surface area contributed by atoms with E-state index in [1.54, 1.807) is 36.4 Å². The van der Waals surface area contributed by atoms with Gasteiger partial charge in [-0.1, -0.05) is 238 Å². The van der Waals surface area contributed by atoms with Gasteiger partial charge in [0.2, 0.25) is 0 Å². The zero-order valence-corrected chi connectivity index (χ0v) is 43.2. The van der Waals surface area contributed by atoms with Crippen LogP contribution in [0.4, 0.5) is 26.3 Å². The molecule has 4 rings (SSSR count). The molecule has 0 fully saturated rings. The molecule has 0 aromatic heterocycles. The normalized spacial score (nSPS) is 13.6. The lowest BCUT2D eigenvalue weighted by molar-refractivity contribution is -0.275. The molecule has 0 heterocycles. The largest absolute Gasteiger partial charge is 0.573 e. The number of hydrogen-bond donors (Lipinski definition) is 0. The summed E-state index contributed by atoms with van der Waals surface area (Å²) in [7, 11) is -6.03. The van der Waals surface area contributed by atoms with Crippen LogP contribution in [0.15, 0.2) is 97.1 Å². The number of para-hydroxylation sites is 2. The first kappa shape index (κ1) is 53.9. The van der Waals surface area contributed by atoms with Crippen LogP contribution in [0.5, 0.6) is 11.5 Å². The Hall–Kier alpha value is -2.69. The zero-order valence-electron chi connectivity index (χ0n) is 39.4. The van der Waals surface area contributed by atoms with Crippen LogP contribution in [0.2, 0.25) is 36.3 Å². The van der Waals surface area contributed by atoms with Crippen LogP contribution in [0.25, 0.3) is 0 Å². The lowest BCUT2D eigenvalue weighted by atomic mass is 10.3. The predicted octanol–water partition coefficient (Wildman–Crippen LogP) is 14.9. The van der Waals surface area contributed by atoms with Gasteiger partial charge in [-0.15, -0.1) is 26.3 Å². The third kappa shape index (κ3) is 15.2. The average Bonchev–Trinajstić information content (AvgIpc) is 3.27. The van der Waals surface area contributed by atoms with Crippen molar-refractivity contribution in [2.24, 2.45) is 0 Å². The van der Waals surface area contributed by atoms with Gasteiger partial charge in [-0.3, -0.25) is 0 Å². The van der Waals surface area contributed by atoms with E-state index in [1.807, 2.05) is 19.2 Å². The Morgan fingerprint density at radius 2 is 0.734 bits per heavy atom. The van der Waals surface area contributed by atoms with Gasteiger partial charge in [0.15, 0.2) is 0 Å². The number of unbranched alkanes of at least 4 members (excludes halogenated alkanes) is 6. The van der Waals surface area contributed by atoms with Crippen molar-refractivity contribution in [1.29, 1.82) is 0 Å². The highest BCUT2D eigenvalue weighted by molar-refractivity contribution is 7.84. The van der Waals surface area contributed by atoms with Crippen molar-refractivity contribution in [1.82, 2.24) is 4.44 Å². The molecule has 4 aromatic rings. The molecule has 0 spiro atoms. The van der Waals surface area contributed by atoms with Crippen LogP contribution in [0, 0.1) is 0 Å². The number of benzene rings is 4. The van der Waals surface area contributed by atoms with E-state index in [2.05, 4.69) is 82.4 Å². The molecule has 13 heteroatoms. The molecule has 0 bridgehead atoms. The topological polar surface area (TPSA) is 21.7 Å². The molecule has 0 saturated carbocycles. The van der Waals surface area contributed by atoms with E-state index in [1.165, 1.54) is 22.5 Å². The fraction of sp³-hybridized carbons (Fsp3) is 0.529. The molecule has 0 amide bonds. The van der Waals surface area contributed by atoms with Gasteiger partial charge in [-0.05, 0) is 41.9 Å². The smallest absolute Gasteiger partial charge is 0.405 e. The van der Waals surface area contributed by atoms with Crippen molar-refractivity contribution < 1.29 is 35.8 Å². The van der Waals surface area contributed by atoms with Crippen LogP contribution >= 0.6 is 16.1 Å². The van der Waals surface area contributed by atoms with Crippen molar-refractivity contribution in [3.8, 4) is 11.5 Å². The quantitative estimate of drug-likeness (QED) is 0.0322. The SMILES string of the molecule is CCCC[Si](CCCC)(CCCC)c1cccc(P(c2ccccc2OC(F)(F)F)N(C)P(c2cccc([Si](CCCC)(CCCC)CCCC)c2)c2ccccc2OC(F)(F)F)c1. The van der Waals surface area contributed by atoms with Crippen LogP contribution < -0.4 is 41.1 Å². The van der Waals surface area contributed by atoms with Crippen molar-refractivity contribution in [2.75, 3.05) is 7.05 Å². The van der Waals surface area contributed by atoms with Crippen LogP contribution in [-0.4, -0.2) is 40.4 Å². The van der Waals surface area contributed by atoms with Gasteiger partial charge < -0.3 is 9.47 Å². The Labute approximate surface area is 385 Å². The molecule has 0 aliphatic carbocycles. The second-order valence-electron chi connectivity index (χ2n) is 17.4. The number of hydrogen-bond acceptors (Lipinski definition) is 3. The molecule has 0 aliphatic heterocycles. The summed E-state index contributed by atoms with van der Waals surface area (Å²) in [5.41, 5.74) is 0.